The molecule has 2 unspecified atom stereocenters. The lowest BCUT2D eigenvalue weighted by Gasteiger charge is -2.19. The number of esters is 1. The van der Waals surface area contributed by atoms with E-state index in [4.69, 9.17) is 11.2 Å². The minimum Gasteiger partial charge on any atom is -0.454 e. The lowest BCUT2D eigenvalue weighted by molar-refractivity contribution is -0.147. The van der Waals surface area contributed by atoms with E-state index in [1.54, 1.807) is 0 Å². The van der Waals surface area contributed by atoms with Gasteiger partial charge in [-0.05, 0) is 28.8 Å². The number of terminal acetylenes is 1. The topological polar surface area (TPSA) is 26.3 Å². The molecule has 0 aliphatic carbocycles. The minimum atomic E-state index is -0.194. The maximum atomic E-state index is 11.5. The predicted molar refractivity (Wildman–Crippen MR) is 60.9 cm³/mol. The Kier molecular flexibility index (Phi) is 7.60. The van der Waals surface area contributed by atoms with Crippen LogP contribution in [0, 0.1) is 24.2 Å². The summed E-state index contributed by atoms with van der Waals surface area (Å²) in [5, 5.41) is 0. The number of hydrogen-bond donors (Lipinski definition) is 0. The van der Waals surface area contributed by atoms with E-state index >= 15 is 0 Å². The molecule has 0 saturated heterocycles. The van der Waals surface area contributed by atoms with Gasteiger partial charge in [0.1, 0.15) is 5.52 Å². The van der Waals surface area contributed by atoms with Crippen molar-refractivity contribution in [3.8, 4) is 12.3 Å². The van der Waals surface area contributed by atoms with Crippen LogP contribution in [0.1, 0.15) is 33.1 Å². The van der Waals surface area contributed by atoms with Crippen molar-refractivity contribution in [1.29, 1.82) is 0 Å². The second-order valence-electron chi connectivity index (χ2n) is 3.15. The molecule has 0 heterocycles. The van der Waals surface area contributed by atoms with Crippen molar-refractivity contribution in [1.82, 2.24) is 0 Å². The fourth-order valence-corrected chi connectivity index (χ4v) is 1.71. The third-order valence-electron chi connectivity index (χ3n) is 2.24. The summed E-state index contributed by atoms with van der Waals surface area (Å²) in [5.74, 6) is 2.34. The Balaban J connectivity index is 4.36. The van der Waals surface area contributed by atoms with Crippen LogP contribution in [0.5, 0.6) is 0 Å². The van der Waals surface area contributed by atoms with Crippen LogP contribution in [0.3, 0.4) is 0 Å². The van der Waals surface area contributed by atoms with Gasteiger partial charge in [-0.1, -0.05) is 20.3 Å². The van der Waals surface area contributed by atoms with Crippen LogP contribution in [0.15, 0.2) is 0 Å². The van der Waals surface area contributed by atoms with Gasteiger partial charge in [-0.2, -0.15) is 0 Å². The number of ether oxygens (including phenoxy) is 1. The SMILES string of the molecule is C#CC(CCC)C(CC)C(=O)OCBr. The molecule has 0 rings (SSSR count). The lowest BCUT2D eigenvalue weighted by Crippen LogP contribution is -2.24. The van der Waals surface area contributed by atoms with Crippen LogP contribution < -0.4 is 0 Å². The summed E-state index contributed by atoms with van der Waals surface area (Å²) < 4.78 is 4.91. The van der Waals surface area contributed by atoms with Gasteiger partial charge in [0.25, 0.3) is 0 Å². The Labute approximate surface area is 94.5 Å². The number of hydrogen-bond acceptors (Lipinski definition) is 2. The van der Waals surface area contributed by atoms with Crippen LogP contribution in [0.4, 0.5) is 0 Å². The van der Waals surface area contributed by atoms with Crippen molar-refractivity contribution in [3.05, 3.63) is 0 Å². The highest BCUT2D eigenvalue weighted by Crippen LogP contribution is 2.21. The Morgan fingerprint density at radius 2 is 2.21 bits per heavy atom. The normalized spacial score (nSPS) is 14.1. The first kappa shape index (κ1) is 13.5. The standard InChI is InChI=1S/C11H17BrO2/c1-4-7-9(5-2)10(6-3)11(13)14-8-12/h2,9-10H,4,6-8H2,1,3H3. The quantitative estimate of drug-likeness (QED) is 0.417. The van der Waals surface area contributed by atoms with Gasteiger partial charge < -0.3 is 4.74 Å². The first-order valence-corrected chi connectivity index (χ1v) is 6.02. The van der Waals surface area contributed by atoms with Gasteiger partial charge in [-0.25, -0.2) is 0 Å². The highest BCUT2D eigenvalue weighted by Gasteiger charge is 2.25. The van der Waals surface area contributed by atoms with E-state index in [-0.39, 0.29) is 23.3 Å². The molecule has 0 aromatic rings. The number of rotatable bonds is 6. The molecular weight excluding hydrogens is 244 g/mol. The van der Waals surface area contributed by atoms with E-state index in [9.17, 15) is 4.79 Å². The molecule has 0 aliphatic heterocycles. The van der Waals surface area contributed by atoms with Gasteiger partial charge >= 0.3 is 5.97 Å². The van der Waals surface area contributed by atoms with Crippen molar-refractivity contribution >= 4 is 21.9 Å². The molecule has 2 nitrogen and oxygen atoms in total. The molecule has 0 fully saturated rings. The van der Waals surface area contributed by atoms with Gasteiger partial charge in [-0.15, -0.1) is 12.3 Å². The molecule has 2 atom stereocenters. The fourth-order valence-electron chi connectivity index (χ4n) is 1.49. The molecule has 0 bridgehead atoms. The third-order valence-corrected chi connectivity index (χ3v) is 2.47. The first-order valence-electron chi connectivity index (χ1n) is 4.89. The second kappa shape index (κ2) is 7.87. The molecule has 0 aromatic heterocycles. The average Bonchev–Trinajstić information content (AvgIpc) is 2.18. The van der Waals surface area contributed by atoms with E-state index in [0.29, 0.717) is 0 Å². The highest BCUT2D eigenvalue weighted by atomic mass is 79.9. The lowest BCUT2D eigenvalue weighted by atomic mass is 9.87. The zero-order chi connectivity index (χ0) is 11.0. The van der Waals surface area contributed by atoms with Crippen molar-refractivity contribution in [2.24, 2.45) is 11.8 Å². The maximum Gasteiger partial charge on any atom is 0.311 e. The Hall–Kier alpha value is -0.490. The minimum absolute atomic E-state index is 0.0107. The summed E-state index contributed by atoms with van der Waals surface area (Å²) in [6, 6.07) is 0. The van der Waals surface area contributed by atoms with E-state index in [0.717, 1.165) is 19.3 Å². The molecular formula is C11H17BrO2. The third kappa shape index (κ3) is 4.15. The highest BCUT2D eigenvalue weighted by molar-refractivity contribution is 9.09. The van der Waals surface area contributed by atoms with E-state index in [1.807, 2.05) is 6.92 Å². The smallest absolute Gasteiger partial charge is 0.311 e. The summed E-state index contributed by atoms with van der Waals surface area (Å²) in [6.07, 6.45) is 8.01. The van der Waals surface area contributed by atoms with Gasteiger partial charge in [0.15, 0.2) is 0 Å². The van der Waals surface area contributed by atoms with Gasteiger partial charge in [-0.3, -0.25) is 4.79 Å². The predicted octanol–water partition coefficient (Wildman–Crippen LogP) is 2.96. The summed E-state index contributed by atoms with van der Waals surface area (Å²) in [5.41, 5.74) is 0.242. The zero-order valence-corrected chi connectivity index (χ0v) is 10.3. The molecule has 0 radical (unpaired) electrons. The summed E-state index contributed by atoms with van der Waals surface area (Å²) in [4.78, 5) is 11.5. The fraction of sp³-hybridized carbons (Fsp3) is 0.727. The molecule has 0 amide bonds. The van der Waals surface area contributed by atoms with Crippen molar-refractivity contribution in [2.75, 3.05) is 5.52 Å². The van der Waals surface area contributed by atoms with E-state index < -0.39 is 0 Å². The van der Waals surface area contributed by atoms with E-state index in [2.05, 4.69) is 28.8 Å². The zero-order valence-electron chi connectivity index (χ0n) is 8.75. The van der Waals surface area contributed by atoms with Crippen LogP contribution in [-0.4, -0.2) is 11.5 Å². The van der Waals surface area contributed by atoms with Crippen LogP contribution in [-0.2, 0) is 9.53 Å². The molecule has 14 heavy (non-hydrogen) atoms. The van der Waals surface area contributed by atoms with Gasteiger partial charge in [0, 0.05) is 5.92 Å². The summed E-state index contributed by atoms with van der Waals surface area (Å²) >= 11 is 3.06. The Morgan fingerprint density at radius 1 is 1.57 bits per heavy atom. The molecule has 0 aromatic carbocycles. The van der Waals surface area contributed by atoms with E-state index in [1.165, 1.54) is 0 Å². The molecule has 0 spiro atoms. The number of carbonyl (C=O) groups is 1. The molecule has 3 heteroatoms. The van der Waals surface area contributed by atoms with Crippen LogP contribution in [0.25, 0.3) is 0 Å². The van der Waals surface area contributed by atoms with Crippen LogP contribution in [0.2, 0.25) is 0 Å². The molecule has 0 saturated carbocycles. The maximum absolute atomic E-state index is 11.5. The largest absolute Gasteiger partial charge is 0.454 e. The number of carbonyl (C=O) groups excluding carboxylic acids is 1. The Morgan fingerprint density at radius 3 is 2.57 bits per heavy atom. The molecule has 0 aliphatic rings. The Bertz CT molecular complexity index is 208. The summed E-state index contributed by atoms with van der Waals surface area (Å²) in [6.45, 7) is 4.02. The monoisotopic (exact) mass is 260 g/mol. The summed E-state index contributed by atoms with van der Waals surface area (Å²) in [7, 11) is 0. The van der Waals surface area contributed by atoms with Gasteiger partial charge in [0.2, 0.25) is 0 Å². The average molecular weight is 261 g/mol. The van der Waals surface area contributed by atoms with Crippen molar-refractivity contribution in [3.63, 3.8) is 0 Å². The van der Waals surface area contributed by atoms with Crippen molar-refractivity contribution in [2.45, 2.75) is 33.1 Å². The first-order chi connectivity index (χ1) is 6.71. The van der Waals surface area contributed by atoms with Gasteiger partial charge in [0.05, 0.1) is 5.92 Å². The van der Waals surface area contributed by atoms with Crippen molar-refractivity contribution < 1.29 is 9.53 Å². The molecule has 0 N–H and O–H groups in total. The molecule has 80 valence electrons. The number of alkyl halides is 1. The van der Waals surface area contributed by atoms with Crippen LogP contribution >= 0.6 is 15.9 Å². The number of halogens is 1. The second-order valence-corrected chi connectivity index (χ2v) is 3.61.